The van der Waals surface area contributed by atoms with E-state index in [1.807, 2.05) is 6.92 Å². The zero-order valence-electron chi connectivity index (χ0n) is 6.55. The van der Waals surface area contributed by atoms with Gasteiger partial charge in [0.2, 0.25) is 0 Å². The molecular weight excluding hydrogens is 187 g/mol. The van der Waals surface area contributed by atoms with Gasteiger partial charge in [-0.2, -0.15) is 0 Å². The Morgan fingerprint density at radius 2 is 2.27 bits per heavy atom. The van der Waals surface area contributed by atoms with E-state index in [-0.39, 0.29) is 19.1 Å². The first-order chi connectivity index (χ1) is 4.81. The second kappa shape index (κ2) is 10.0. The van der Waals surface area contributed by atoms with E-state index in [9.17, 15) is 4.39 Å². The molecule has 5 heteroatoms. The lowest BCUT2D eigenvalue weighted by Crippen LogP contribution is -2.08. The van der Waals surface area contributed by atoms with Crippen molar-refractivity contribution < 1.29 is 4.39 Å². The third-order valence-electron chi connectivity index (χ3n) is 0.818. The molecule has 2 nitrogen and oxygen atoms in total. The van der Waals surface area contributed by atoms with Gasteiger partial charge in [0.05, 0.1) is 6.67 Å². The van der Waals surface area contributed by atoms with Crippen LogP contribution in [0, 0.1) is 0 Å². The molecule has 11 heavy (non-hydrogen) atoms. The molecule has 0 rings (SSSR count). The zero-order chi connectivity index (χ0) is 7.82. The van der Waals surface area contributed by atoms with Gasteiger partial charge in [0.1, 0.15) is 0 Å². The van der Waals surface area contributed by atoms with Crippen LogP contribution in [0.25, 0.3) is 0 Å². The molecule has 0 heterocycles. The fraction of sp³-hybridized carbons (Fsp3) is 0.833. The smallest absolute Gasteiger partial charge is 0.153 e. The lowest BCUT2D eigenvalue weighted by molar-refractivity contribution is 0.533. The molecule has 0 saturated carbocycles. The number of nitrogens with zero attached hydrogens (tertiary/aromatic N) is 1. The molecule has 68 valence electrons. The molecular formula is C6H14ClFN2S. The van der Waals surface area contributed by atoms with Crippen LogP contribution >= 0.6 is 24.2 Å². The Bertz CT molecular complexity index is 111. The first-order valence-electron chi connectivity index (χ1n) is 3.30. The minimum atomic E-state index is -0.340. The Morgan fingerprint density at radius 1 is 1.64 bits per heavy atom. The number of aliphatic imine (C=N–C) groups is 1. The predicted molar refractivity (Wildman–Crippen MR) is 52.5 cm³/mol. The first kappa shape index (κ1) is 13.6. The van der Waals surface area contributed by atoms with Gasteiger partial charge in [0.15, 0.2) is 5.17 Å². The largest absolute Gasteiger partial charge is 0.379 e. The van der Waals surface area contributed by atoms with E-state index >= 15 is 0 Å². The number of thioether (sulfide) groups is 1. The molecule has 0 atom stereocenters. The van der Waals surface area contributed by atoms with Gasteiger partial charge in [-0.05, 0) is 6.42 Å². The third-order valence-corrected chi connectivity index (χ3v) is 1.60. The number of halogens is 2. The van der Waals surface area contributed by atoms with Gasteiger partial charge in [-0.3, -0.25) is 9.38 Å². The number of hydrogen-bond donors (Lipinski definition) is 1. The molecule has 0 bridgehead atoms. The number of hydrogen-bond acceptors (Lipinski definition) is 2. The van der Waals surface area contributed by atoms with Crippen molar-refractivity contribution in [1.82, 2.24) is 0 Å². The van der Waals surface area contributed by atoms with E-state index in [1.165, 1.54) is 11.8 Å². The standard InChI is InChI=1S/C6H13FN2S.ClH/c1-2-4-9-6(8)10-5-3-7;/h2-5H2,1H3,(H2,8,9);1H. The van der Waals surface area contributed by atoms with Crippen LogP contribution in [0.4, 0.5) is 4.39 Å². The SMILES string of the molecule is CCCN=C(N)SCCF.Cl. The van der Waals surface area contributed by atoms with Gasteiger partial charge in [0.25, 0.3) is 0 Å². The maximum Gasteiger partial charge on any atom is 0.153 e. The predicted octanol–water partition coefficient (Wildman–Crippen LogP) is 1.84. The molecule has 0 aromatic heterocycles. The Hall–Kier alpha value is 0.0400. The summed E-state index contributed by atoms with van der Waals surface area (Å²) in [5.41, 5.74) is 5.39. The molecule has 0 amide bonds. The Morgan fingerprint density at radius 3 is 2.73 bits per heavy atom. The molecule has 0 aromatic rings. The average molecular weight is 201 g/mol. The molecule has 0 saturated heterocycles. The van der Waals surface area contributed by atoms with E-state index in [2.05, 4.69) is 4.99 Å². The van der Waals surface area contributed by atoms with Crippen molar-refractivity contribution in [3.8, 4) is 0 Å². The van der Waals surface area contributed by atoms with Crippen LogP contribution in [0.15, 0.2) is 4.99 Å². The molecule has 0 spiro atoms. The average Bonchev–Trinajstić information content (AvgIpc) is 1.97. The highest BCUT2D eigenvalue weighted by Gasteiger charge is 1.90. The van der Waals surface area contributed by atoms with E-state index in [0.717, 1.165) is 13.0 Å². The van der Waals surface area contributed by atoms with E-state index in [1.54, 1.807) is 0 Å². The highest BCUT2D eigenvalue weighted by molar-refractivity contribution is 8.13. The lowest BCUT2D eigenvalue weighted by Gasteiger charge is -1.95. The maximum absolute atomic E-state index is 11.5. The van der Waals surface area contributed by atoms with Crippen LogP contribution < -0.4 is 5.73 Å². The summed E-state index contributed by atoms with van der Waals surface area (Å²) in [6, 6.07) is 0. The van der Waals surface area contributed by atoms with Gasteiger partial charge < -0.3 is 5.73 Å². The molecule has 0 aliphatic heterocycles. The van der Waals surface area contributed by atoms with Crippen molar-refractivity contribution in [3.63, 3.8) is 0 Å². The fourth-order valence-electron chi connectivity index (χ4n) is 0.411. The van der Waals surface area contributed by atoms with Crippen LogP contribution in [0.3, 0.4) is 0 Å². The summed E-state index contributed by atoms with van der Waals surface area (Å²) >= 11 is 1.27. The van der Waals surface area contributed by atoms with Crippen molar-refractivity contribution >= 4 is 29.3 Å². The summed E-state index contributed by atoms with van der Waals surface area (Å²) in [7, 11) is 0. The number of alkyl halides is 1. The normalized spacial score (nSPS) is 10.9. The maximum atomic E-state index is 11.5. The topological polar surface area (TPSA) is 38.4 Å². The minimum Gasteiger partial charge on any atom is -0.379 e. The highest BCUT2D eigenvalue weighted by atomic mass is 35.5. The van der Waals surface area contributed by atoms with Gasteiger partial charge in [0, 0.05) is 12.3 Å². The zero-order valence-corrected chi connectivity index (χ0v) is 8.18. The number of rotatable bonds is 4. The van der Waals surface area contributed by atoms with Crippen LogP contribution in [0.5, 0.6) is 0 Å². The van der Waals surface area contributed by atoms with Crippen molar-refractivity contribution in [3.05, 3.63) is 0 Å². The number of nitrogens with two attached hydrogens (primary N) is 1. The molecule has 0 aliphatic rings. The second-order valence-corrected chi connectivity index (χ2v) is 2.87. The van der Waals surface area contributed by atoms with Crippen molar-refractivity contribution in [1.29, 1.82) is 0 Å². The molecule has 0 radical (unpaired) electrons. The second-order valence-electron chi connectivity index (χ2n) is 1.76. The van der Waals surface area contributed by atoms with Gasteiger partial charge in [-0.1, -0.05) is 18.7 Å². The van der Waals surface area contributed by atoms with E-state index in [4.69, 9.17) is 5.73 Å². The Kier molecular flexibility index (Phi) is 12.4. The highest BCUT2D eigenvalue weighted by Crippen LogP contribution is 1.99. The summed E-state index contributed by atoms with van der Waals surface area (Å²) in [5, 5.41) is 0.500. The minimum absolute atomic E-state index is 0. The van der Waals surface area contributed by atoms with Crippen molar-refractivity contribution in [2.24, 2.45) is 10.7 Å². The fourth-order valence-corrected chi connectivity index (χ4v) is 0.880. The molecule has 0 unspecified atom stereocenters. The molecule has 0 fully saturated rings. The monoisotopic (exact) mass is 200 g/mol. The van der Waals surface area contributed by atoms with Crippen molar-refractivity contribution in [2.45, 2.75) is 13.3 Å². The Labute approximate surface area is 77.2 Å². The quantitative estimate of drug-likeness (QED) is 0.556. The molecule has 2 N–H and O–H groups in total. The molecule has 0 aliphatic carbocycles. The van der Waals surface area contributed by atoms with Crippen LogP contribution in [0.1, 0.15) is 13.3 Å². The molecule has 0 aromatic carbocycles. The van der Waals surface area contributed by atoms with Crippen LogP contribution in [-0.4, -0.2) is 24.1 Å². The Balaban J connectivity index is 0. The van der Waals surface area contributed by atoms with Crippen LogP contribution in [-0.2, 0) is 0 Å². The van der Waals surface area contributed by atoms with Gasteiger partial charge in [-0.15, -0.1) is 12.4 Å². The summed E-state index contributed by atoms with van der Waals surface area (Å²) in [6.07, 6.45) is 0.983. The number of amidine groups is 1. The summed E-state index contributed by atoms with van der Waals surface area (Å²) in [6.45, 7) is 2.43. The van der Waals surface area contributed by atoms with E-state index in [0.29, 0.717) is 10.9 Å². The lowest BCUT2D eigenvalue weighted by atomic mass is 10.5. The van der Waals surface area contributed by atoms with Crippen LogP contribution in [0.2, 0.25) is 0 Å². The van der Waals surface area contributed by atoms with Gasteiger partial charge >= 0.3 is 0 Å². The van der Waals surface area contributed by atoms with E-state index < -0.39 is 0 Å². The summed E-state index contributed by atoms with van der Waals surface area (Å²) in [4.78, 5) is 3.97. The first-order valence-corrected chi connectivity index (χ1v) is 4.28. The van der Waals surface area contributed by atoms with Crippen molar-refractivity contribution in [2.75, 3.05) is 19.0 Å². The summed E-state index contributed by atoms with van der Waals surface area (Å²) < 4.78 is 11.5. The summed E-state index contributed by atoms with van der Waals surface area (Å²) in [5.74, 6) is 0.416. The third kappa shape index (κ3) is 10.0. The van der Waals surface area contributed by atoms with Gasteiger partial charge in [-0.25, -0.2) is 0 Å².